The van der Waals surface area contributed by atoms with Gasteiger partial charge in [0.15, 0.2) is 0 Å². The summed E-state index contributed by atoms with van der Waals surface area (Å²) < 4.78 is 9.47. The molecule has 0 fully saturated rings. The van der Waals surface area contributed by atoms with Crippen molar-refractivity contribution in [2.24, 2.45) is 8.58 Å². The van der Waals surface area contributed by atoms with Gasteiger partial charge >= 0.3 is 27.6 Å². The molecule has 0 aliphatic rings. The number of rotatable bonds is 0. The van der Waals surface area contributed by atoms with Gasteiger partial charge in [-0.3, -0.25) is 0 Å². The summed E-state index contributed by atoms with van der Waals surface area (Å²) in [5, 5.41) is 0. The minimum atomic E-state index is -0.417. The Balaban J connectivity index is 0. The summed E-state index contributed by atoms with van der Waals surface area (Å²) in [6.45, 7) is 0. The maximum absolute atomic E-state index is 4.74. The van der Waals surface area contributed by atoms with Crippen LogP contribution in [0, 0.1) is 0 Å². The van der Waals surface area contributed by atoms with Gasteiger partial charge in [-0.25, -0.2) is 0 Å². The molecule has 0 spiro atoms. The van der Waals surface area contributed by atoms with Crippen LogP contribution in [0.15, 0.2) is 0 Å². The van der Waals surface area contributed by atoms with Gasteiger partial charge in [-0.1, -0.05) is 0 Å². The third-order valence-electron chi connectivity index (χ3n) is 0. The van der Waals surface area contributed by atoms with E-state index in [4.69, 9.17) is 8.58 Å². The monoisotopic (exact) mass is 263 g/mol. The molecule has 0 unspecified atom stereocenters. The average Bonchev–Trinajstić information content (AvgIpc) is 0.918. The van der Waals surface area contributed by atoms with Crippen LogP contribution in [0.25, 0.3) is 0 Å². The molecule has 4 heteroatoms. The molecule has 0 rings (SSSR count). The molecule has 0 aromatic rings. The van der Waals surface area contributed by atoms with Crippen LogP contribution in [0.3, 0.4) is 0 Å². The van der Waals surface area contributed by atoms with E-state index >= 15 is 0 Å². The van der Waals surface area contributed by atoms with Crippen LogP contribution in [0.2, 0.25) is 0 Å². The first-order valence-corrected chi connectivity index (χ1v) is 2.99. The van der Waals surface area contributed by atoms with Crippen LogP contribution in [-0.4, -0.2) is 0 Å². The summed E-state index contributed by atoms with van der Waals surface area (Å²) in [6.07, 6.45) is 0. The fourth-order valence-electron chi connectivity index (χ4n) is 0. The number of hydrogen-bond donors (Lipinski definition) is 2. The van der Waals surface area contributed by atoms with E-state index in [1.165, 1.54) is 0 Å². The molecule has 0 bridgehead atoms. The van der Waals surface area contributed by atoms with Gasteiger partial charge < -0.3 is 0 Å². The Labute approximate surface area is 40.5 Å². The molecule has 0 radical (unpaired) electrons. The second-order valence-electron chi connectivity index (χ2n) is 0.105. The van der Waals surface area contributed by atoms with E-state index < -0.39 is 19.1 Å². The molecular formula is H5ClN2Pt. The molecular weight excluding hydrogens is 259 g/mol. The van der Waals surface area contributed by atoms with Gasteiger partial charge in [0.1, 0.15) is 0 Å². The van der Waals surface area contributed by atoms with Crippen molar-refractivity contribution in [3.8, 4) is 0 Å². The second kappa shape index (κ2) is 9.09. The summed E-state index contributed by atoms with van der Waals surface area (Å²) in [5.41, 5.74) is 0. The first-order chi connectivity index (χ1) is 1.41. The summed E-state index contributed by atoms with van der Waals surface area (Å²) in [6, 6.07) is 0. The number of nitrogens with two attached hydrogens (primary N) is 2. The normalized spacial score (nSPS) is 5.50. The van der Waals surface area contributed by atoms with Gasteiger partial charge in [0.2, 0.25) is 0 Å². The molecule has 0 aromatic carbocycles. The Morgan fingerprint density at radius 1 is 1.25 bits per heavy atom. The third-order valence-corrected chi connectivity index (χ3v) is 0. The predicted octanol–water partition coefficient (Wildman–Crippen LogP) is -0.762. The van der Waals surface area contributed by atoms with E-state index in [0.717, 1.165) is 0 Å². The van der Waals surface area contributed by atoms with E-state index in [2.05, 4.69) is 0 Å². The Kier molecular flexibility index (Phi) is 20.1. The van der Waals surface area contributed by atoms with Crippen LogP contribution in [0.5, 0.6) is 0 Å². The van der Waals surface area contributed by atoms with E-state index in [1.54, 1.807) is 0 Å². The Bertz CT molecular complexity index is 6.00. The molecule has 0 aliphatic carbocycles. The summed E-state index contributed by atoms with van der Waals surface area (Å²) in [7, 11) is 0. The Hall–Kier alpha value is 0.898. The van der Waals surface area contributed by atoms with Crippen molar-refractivity contribution in [2.45, 2.75) is 0 Å². The molecule has 4 heavy (non-hydrogen) atoms. The summed E-state index contributed by atoms with van der Waals surface area (Å²) in [5.74, 6) is 0. The quantitative estimate of drug-likeness (QED) is 0.604. The van der Waals surface area contributed by atoms with Gasteiger partial charge in [-0.15, -0.1) is 12.4 Å². The second-order valence-corrected chi connectivity index (χ2v) is 0.863. The van der Waals surface area contributed by atoms with Crippen molar-refractivity contribution in [3.05, 3.63) is 0 Å². The van der Waals surface area contributed by atoms with Crippen molar-refractivity contribution in [3.63, 3.8) is 0 Å². The zero-order chi connectivity index (χ0) is 2.71. The predicted molar refractivity (Wildman–Crippen MR) is 15.6 cm³/mol. The van der Waals surface area contributed by atoms with Crippen LogP contribution in [0.4, 0.5) is 0 Å². The molecule has 0 heterocycles. The first-order valence-electron chi connectivity index (χ1n) is 0.365. The van der Waals surface area contributed by atoms with Gasteiger partial charge in [-0.2, -0.15) is 0 Å². The SMILES string of the molecule is Cl.[NH2][Pt][NH2]. The molecule has 0 amide bonds. The Morgan fingerprint density at radius 2 is 1.25 bits per heavy atom. The van der Waals surface area contributed by atoms with Gasteiger partial charge in [0.25, 0.3) is 0 Å². The van der Waals surface area contributed by atoms with Crippen molar-refractivity contribution >= 4 is 12.4 Å². The fourth-order valence-corrected chi connectivity index (χ4v) is 0. The standard InChI is InChI=1S/ClH.2H2N.Pt/h1H;2*1H2;/q;2*-1;+2. The summed E-state index contributed by atoms with van der Waals surface area (Å²) in [4.78, 5) is 0. The molecule has 0 aromatic heterocycles. The third kappa shape index (κ3) is 12.9. The van der Waals surface area contributed by atoms with Crippen molar-refractivity contribution < 1.29 is 19.1 Å². The van der Waals surface area contributed by atoms with Crippen molar-refractivity contribution in [2.75, 3.05) is 0 Å². The Morgan fingerprint density at radius 3 is 1.25 bits per heavy atom. The van der Waals surface area contributed by atoms with Gasteiger partial charge in [-0.05, 0) is 0 Å². The zero-order valence-electron chi connectivity index (χ0n) is 1.88. The number of hydrogen-bond acceptors (Lipinski definition) is 2. The topological polar surface area (TPSA) is 52.0 Å². The molecule has 2 nitrogen and oxygen atoms in total. The zero-order valence-corrected chi connectivity index (χ0v) is 4.97. The summed E-state index contributed by atoms with van der Waals surface area (Å²) >= 11 is -0.417. The van der Waals surface area contributed by atoms with Gasteiger partial charge in [0.05, 0.1) is 0 Å². The van der Waals surface area contributed by atoms with E-state index in [9.17, 15) is 0 Å². The molecule has 0 atom stereocenters. The molecule has 0 aliphatic heterocycles. The van der Waals surface area contributed by atoms with E-state index in [0.29, 0.717) is 0 Å². The van der Waals surface area contributed by atoms with Crippen molar-refractivity contribution in [1.29, 1.82) is 0 Å². The van der Waals surface area contributed by atoms with Crippen LogP contribution in [0.1, 0.15) is 0 Å². The van der Waals surface area contributed by atoms with E-state index in [-0.39, 0.29) is 12.4 Å². The van der Waals surface area contributed by atoms with Gasteiger partial charge in [0, 0.05) is 0 Å². The first kappa shape index (κ1) is 8.86. The van der Waals surface area contributed by atoms with Crippen LogP contribution in [-0.2, 0) is 19.1 Å². The molecule has 0 saturated heterocycles. The maximum atomic E-state index is 4.74. The molecule has 0 saturated carbocycles. The fraction of sp³-hybridized carbons (Fsp3) is 0. The average molecular weight is 264 g/mol. The van der Waals surface area contributed by atoms with Crippen LogP contribution < -0.4 is 8.58 Å². The minimum absolute atomic E-state index is 0. The molecule has 32 valence electrons. The number of halogens is 1. The van der Waals surface area contributed by atoms with E-state index in [1.807, 2.05) is 0 Å². The van der Waals surface area contributed by atoms with Crippen LogP contribution >= 0.6 is 12.4 Å². The van der Waals surface area contributed by atoms with Crippen molar-refractivity contribution in [1.82, 2.24) is 0 Å². The molecule has 4 N–H and O–H groups in total.